The highest BCUT2D eigenvalue weighted by molar-refractivity contribution is 14.1. The van der Waals surface area contributed by atoms with Gasteiger partial charge in [-0.25, -0.2) is 8.78 Å². The summed E-state index contributed by atoms with van der Waals surface area (Å²) in [6.45, 7) is 1.25. The van der Waals surface area contributed by atoms with Crippen molar-refractivity contribution in [2.24, 2.45) is 10.9 Å². The van der Waals surface area contributed by atoms with E-state index in [1.165, 1.54) is 12.3 Å². The number of pyridine rings is 1. The van der Waals surface area contributed by atoms with Gasteiger partial charge < -0.3 is 55.9 Å². The number of aromatic nitrogens is 1. The highest BCUT2D eigenvalue weighted by Gasteiger charge is 2.47. The number of aliphatic carboxylic acids is 3. The number of nitriles is 1. The van der Waals surface area contributed by atoms with Gasteiger partial charge in [-0.05, 0) is 135 Å². The molecule has 31 heteroatoms. The van der Waals surface area contributed by atoms with Gasteiger partial charge in [-0.3, -0.25) is 77.5 Å². The van der Waals surface area contributed by atoms with Gasteiger partial charge in [0.25, 0.3) is 11.8 Å². The number of esters is 1. The predicted octanol–water partition coefficient (Wildman–Crippen LogP) is 2.85. The molecular formula is C65H88F2IN13O15. The number of carboxylic acids is 3. The summed E-state index contributed by atoms with van der Waals surface area (Å²) in [6.07, 6.45) is 6.13. The largest absolute Gasteiger partial charge is 0.494 e. The van der Waals surface area contributed by atoms with E-state index in [-0.39, 0.29) is 109 Å². The Hall–Kier alpha value is -8.06. The van der Waals surface area contributed by atoms with Crippen molar-refractivity contribution in [3.05, 3.63) is 69.4 Å². The second-order valence-corrected chi connectivity index (χ2v) is 25.5. The van der Waals surface area contributed by atoms with Gasteiger partial charge in [0, 0.05) is 100.0 Å². The number of halogens is 3. The predicted molar refractivity (Wildman–Crippen MR) is 355 cm³/mol. The number of hydrogen-bond acceptors (Lipinski definition) is 19. The maximum atomic E-state index is 14.5. The molecule has 3 atom stereocenters. The molecule has 3 aliphatic heterocycles. The number of ether oxygens (including phenoxy) is 2. The first-order valence-corrected chi connectivity index (χ1v) is 33.4. The van der Waals surface area contributed by atoms with Crippen molar-refractivity contribution in [3.8, 4) is 11.8 Å². The summed E-state index contributed by atoms with van der Waals surface area (Å²) in [5.74, 6) is -9.70. The number of piperidine rings is 1. The number of carbonyl (C=O) groups excluding carboxylic acids is 7. The topological polar surface area (TPSA) is 366 Å². The van der Waals surface area contributed by atoms with Crippen molar-refractivity contribution in [2.45, 2.75) is 114 Å². The van der Waals surface area contributed by atoms with E-state index in [0.717, 1.165) is 40.4 Å². The van der Waals surface area contributed by atoms with Crippen molar-refractivity contribution in [2.75, 3.05) is 125 Å². The van der Waals surface area contributed by atoms with Crippen molar-refractivity contribution in [1.29, 1.82) is 5.26 Å². The summed E-state index contributed by atoms with van der Waals surface area (Å²) in [5.41, 5.74) is 1.78. The summed E-state index contributed by atoms with van der Waals surface area (Å²) < 4.78 is 40.1. The molecular weight excluding hydrogens is 1370 g/mol. The number of amidine groups is 1. The Morgan fingerprint density at radius 1 is 0.760 bits per heavy atom. The summed E-state index contributed by atoms with van der Waals surface area (Å²) >= 11 is 2.24. The number of carboxylic acid groups (broad SMARTS) is 3. The molecule has 0 spiro atoms. The number of hydrogen-bond donors (Lipinski definition) is 7. The third-order valence-electron chi connectivity index (χ3n) is 16.9. The van der Waals surface area contributed by atoms with E-state index in [4.69, 9.17) is 9.47 Å². The standard InChI is InChI=1S/C65H88F2IN13O15/c1-44(73-55(82)11-7-9-45-12-14-47(68)15-13-45)70-21-5-3-10-53(74-56(83)39-76-25-27-77(40-58(85)86)29-31-79(42-60(89)90)32-30-78(28-26-76)41-59(87)88)63(93)75-54(35-61(91)95-2)64(94)80-23-19-46(20-24-80)8-4-6-33-96-49-16-17-52-51(34-49)50(18-22-71-52)62(92)72-38-57(84)81-43-65(66,67)36-48(81)37-69/h12-18,22,34,46,48,53-54H,3-11,19-21,23-33,35-36,38-43H2,1-2H3,(H,72,92)(H,74,83)(H,75,93)(H,85,86)(H,87,88)(H,89,90)(H,70,73,82)/t48-,53+,54+/m1/s1. The number of benzene rings is 2. The molecule has 0 saturated carbocycles. The van der Waals surface area contributed by atoms with Gasteiger partial charge >= 0.3 is 23.9 Å². The lowest BCUT2D eigenvalue weighted by molar-refractivity contribution is -0.147. The number of aliphatic imine (C=N–C) groups is 1. The zero-order chi connectivity index (χ0) is 69.7. The van der Waals surface area contributed by atoms with Crippen LogP contribution in [0.4, 0.5) is 8.78 Å². The van der Waals surface area contributed by atoms with Crippen LogP contribution in [0.3, 0.4) is 0 Å². The fourth-order valence-electron chi connectivity index (χ4n) is 11.7. The van der Waals surface area contributed by atoms with E-state index < -0.39 is 103 Å². The van der Waals surface area contributed by atoms with Gasteiger partial charge in [0.15, 0.2) is 0 Å². The molecule has 0 bridgehead atoms. The molecule has 6 amide bonds. The van der Waals surface area contributed by atoms with Crippen LogP contribution in [-0.2, 0) is 54.3 Å². The molecule has 2 aromatic carbocycles. The van der Waals surface area contributed by atoms with Crippen LogP contribution in [0.5, 0.6) is 5.75 Å². The zero-order valence-electron chi connectivity index (χ0n) is 54.3. The van der Waals surface area contributed by atoms with Crippen LogP contribution in [-0.4, -0.2) is 264 Å². The van der Waals surface area contributed by atoms with Gasteiger partial charge in [-0.2, -0.15) is 5.26 Å². The normalized spacial score (nSPS) is 17.8. The number of aryl methyl sites for hydroxylation is 1. The van der Waals surface area contributed by atoms with E-state index in [0.29, 0.717) is 87.1 Å². The molecule has 3 fully saturated rings. The molecule has 3 saturated heterocycles. The van der Waals surface area contributed by atoms with Crippen LogP contribution in [0, 0.1) is 20.8 Å². The molecule has 6 rings (SSSR count). The molecule has 3 aromatic rings. The van der Waals surface area contributed by atoms with Crippen molar-refractivity contribution >= 4 is 98.6 Å². The first kappa shape index (κ1) is 77.0. The molecule has 7 N–H and O–H groups in total. The van der Waals surface area contributed by atoms with Gasteiger partial charge in [0.1, 0.15) is 23.9 Å². The second-order valence-electron chi connectivity index (χ2n) is 24.3. The smallest absolute Gasteiger partial charge is 0.317 e. The molecule has 0 radical (unpaired) electrons. The number of alkyl halides is 2. The number of carbonyl (C=O) groups is 10. The quantitative estimate of drug-likeness (QED) is 0.0155. The van der Waals surface area contributed by atoms with Gasteiger partial charge in [0.05, 0.1) is 82.4 Å². The van der Waals surface area contributed by atoms with Crippen molar-refractivity contribution < 1.29 is 81.5 Å². The third-order valence-corrected chi connectivity index (χ3v) is 17.6. The monoisotopic (exact) mass is 1460 g/mol. The molecule has 1 aromatic heterocycles. The summed E-state index contributed by atoms with van der Waals surface area (Å²) in [4.78, 5) is 148. The Morgan fingerprint density at radius 3 is 1.97 bits per heavy atom. The van der Waals surface area contributed by atoms with Crippen LogP contribution in [0.2, 0.25) is 0 Å². The Labute approximate surface area is 569 Å². The van der Waals surface area contributed by atoms with Gasteiger partial charge in [-0.15, -0.1) is 0 Å². The maximum absolute atomic E-state index is 14.5. The minimum atomic E-state index is -3.20. The molecule has 524 valence electrons. The lowest BCUT2D eigenvalue weighted by Gasteiger charge is -2.35. The van der Waals surface area contributed by atoms with Gasteiger partial charge in [0.2, 0.25) is 29.5 Å². The Bertz CT molecular complexity index is 3210. The second kappa shape index (κ2) is 39.2. The molecule has 28 nitrogen and oxygen atoms in total. The molecule has 0 unspecified atom stereocenters. The number of nitrogens with one attached hydrogen (secondary N) is 4. The van der Waals surface area contributed by atoms with Gasteiger partial charge in [-0.1, -0.05) is 18.6 Å². The lowest BCUT2D eigenvalue weighted by Crippen LogP contribution is -2.56. The van der Waals surface area contributed by atoms with E-state index in [2.05, 4.69) is 53.8 Å². The number of nitrogens with zero attached hydrogens (tertiary/aromatic N) is 9. The SMILES string of the molecule is COC(=O)C[C@H](NC(=O)[C@H](CCCC/N=C(\C)NC(=O)CCCc1ccc(I)cc1)NC(=O)CN1CCN(CC(=O)O)CCN(CC(=O)O)CCN(CC(=O)O)CC1)C(=O)N1CCC(CCCCOc2ccc3nccc(C(=O)NCC(=O)N4CC(F)(F)C[C@@H]4C#N)c3c2)CC1. The molecule has 0 aliphatic carbocycles. The van der Waals surface area contributed by atoms with Crippen LogP contribution in [0.25, 0.3) is 10.9 Å². The lowest BCUT2D eigenvalue weighted by atomic mass is 9.91. The average Bonchev–Trinajstić information content (AvgIpc) is 1.37. The van der Waals surface area contributed by atoms with E-state index in [9.17, 15) is 77.3 Å². The minimum absolute atomic E-state index is 0.0593. The van der Waals surface area contributed by atoms with Crippen molar-refractivity contribution in [3.63, 3.8) is 0 Å². The number of likely N-dealkylation sites (tertiary alicyclic amines) is 2. The first-order valence-electron chi connectivity index (χ1n) is 32.3. The summed E-state index contributed by atoms with van der Waals surface area (Å²) in [7, 11) is 1.16. The maximum Gasteiger partial charge on any atom is 0.317 e. The number of methoxy groups -OCH3 is 1. The molecule has 96 heavy (non-hydrogen) atoms. The minimum Gasteiger partial charge on any atom is -0.494 e. The summed E-state index contributed by atoms with van der Waals surface area (Å²) in [6, 6.07) is 12.4. The summed E-state index contributed by atoms with van der Waals surface area (Å²) in [5, 5.41) is 49.6. The van der Waals surface area contributed by atoms with Crippen LogP contribution >= 0.6 is 22.6 Å². The molecule has 4 heterocycles. The Kier molecular flexibility index (Phi) is 31.4. The first-order chi connectivity index (χ1) is 45.9. The van der Waals surface area contributed by atoms with E-state index >= 15 is 0 Å². The number of fused-ring (bicyclic) bond motifs is 1. The Morgan fingerprint density at radius 2 is 1.38 bits per heavy atom. The highest BCUT2D eigenvalue weighted by atomic mass is 127. The zero-order valence-corrected chi connectivity index (χ0v) is 56.5. The average molecular weight is 1460 g/mol. The van der Waals surface area contributed by atoms with E-state index in [1.54, 1.807) is 55.7 Å². The van der Waals surface area contributed by atoms with Crippen LogP contribution in [0.15, 0.2) is 59.7 Å². The Balaban J connectivity index is 1.05. The van der Waals surface area contributed by atoms with Crippen LogP contribution < -0.4 is 26.0 Å². The fraction of sp³-hybridized carbons (Fsp3) is 0.585. The number of unbranched alkanes of at least 4 members (excludes halogenated alkanes) is 2. The third kappa shape index (κ3) is 26.9. The highest BCUT2D eigenvalue weighted by Crippen LogP contribution is 2.32. The van der Waals surface area contributed by atoms with Crippen LogP contribution in [0.1, 0.15) is 99.9 Å². The fourth-order valence-corrected chi connectivity index (χ4v) is 12.0. The number of rotatable bonds is 32. The number of amides is 6. The molecule has 3 aliphatic rings. The van der Waals surface area contributed by atoms with E-state index in [1.807, 2.05) is 24.3 Å². The van der Waals surface area contributed by atoms with Crippen molar-refractivity contribution in [1.82, 2.24) is 55.7 Å².